The van der Waals surface area contributed by atoms with E-state index in [0.717, 1.165) is 0 Å². The number of hydrogen-bond acceptors (Lipinski definition) is 5. The summed E-state index contributed by atoms with van der Waals surface area (Å²) in [5, 5.41) is 0. The second-order valence-corrected chi connectivity index (χ2v) is 5.12. The molecule has 1 heterocycles. The molecule has 1 aliphatic heterocycles. The van der Waals surface area contributed by atoms with Crippen LogP contribution in [0.3, 0.4) is 0 Å². The number of esters is 1. The van der Waals surface area contributed by atoms with Crippen LogP contribution in [0.5, 0.6) is 0 Å². The molecule has 1 rings (SSSR count). The van der Waals surface area contributed by atoms with E-state index in [9.17, 15) is 13.2 Å². The molecule has 76 valence electrons. The van der Waals surface area contributed by atoms with Crippen LogP contribution in [0.1, 0.15) is 20.8 Å². The summed E-state index contributed by atoms with van der Waals surface area (Å²) < 4.78 is 31.6. The number of carbonyl (C=O) groups is 1. The highest BCUT2D eigenvalue weighted by Crippen LogP contribution is 2.29. The van der Waals surface area contributed by atoms with Crippen molar-refractivity contribution in [2.45, 2.75) is 32.5 Å². The summed E-state index contributed by atoms with van der Waals surface area (Å²) in [6.07, 6.45) is -0.713. The highest BCUT2D eigenvalue weighted by Gasteiger charge is 2.47. The van der Waals surface area contributed by atoms with Crippen molar-refractivity contribution >= 4 is 16.1 Å². The quantitative estimate of drug-likeness (QED) is 0.450. The van der Waals surface area contributed by atoms with E-state index in [0.29, 0.717) is 0 Å². The summed E-state index contributed by atoms with van der Waals surface area (Å²) in [6.45, 7) is 4.39. The molecule has 0 radical (unpaired) electrons. The molecule has 0 amide bonds. The van der Waals surface area contributed by atoms with E-state index in [2.05, 4.69) is 0 Å². The molecule has 0 aliphatic carbocycles. The van der Waals surface area contributed by atoms with Crippen molar-refractivity contribution in [3.8, 4) is 0 Å². The molecule has 0 aromatic carbocycles. The summed E-state index contributed by atoms with van der Waals surface area (Å²) in [4.78, 5) is 10.6. The summed E-state index contributed by atoms with van der Waals surface area (Å²) >= 11 is 0. The summed E-state index contributed by atoms with van der Waals surface area (Å²) in [6, 6.07) is 0. The normalized spacial score (nSPS) is 29.9. The zero-order chi connectivity index (χ0) is 10.3. The number of ether oxygens (including phenoxy) is 1. The van der Waals surface area contributed by atoms with Crippen LogP contribution >= 0.6 is 0 Å². The Morgan fingerprint density at radius 1 is 1.54 bits per heavy atom. The van der Waals surface area contributed by atoms with E-state index < -0.39 is 27.8 Å². The Labute approximate surface area is 77.1 Å². The maximum Gasteiger partial charge on any atom is 0.303 e. The Morgan fingerprint density at radius 2 is 2.08 bits per heavy atom. The standard InChI is InChI=1S/C7H12O5S/c1-5(8)11-6-4-13(9,10)12-7(6,2)3/h6H,4H2,1-3H3. The molecule has 0 saturated carbocycles. The first kappa shape index (κ1) is 10.5. The maximum atomic E-state index is 11.0. The second-order valence-electron chi connectivity index (χ2n) is 3.51. The SMILES string of the molecule is CC(=O)OC1CS(=O)(=O)OC1(C)C. The molecule has 0 aromatic rings. The number of rotatable bonds is 1. The average Bonchev–Trinajstić information content (AvgIpc) is 1.98. The highest BCUT2D eigenvalue weighted by atomic mass is 32.2. The van der Waals surface area contributed by atoms with Crippen molar-refractivity contribution in [3.05, 3.63) is 0 Å². The van der Waals surface area contributed by atoms with Gasteiger partial charge in [0.25, 0.3) is 10.1 Å². The third kappa shape index (κ3) is 2.41. The van der Waals surface area contributed by atoms with Gasteiger partial charge in [0.2, 0.25) is 0 Å². The van der Waals surface area contributed by atoms with Crippen LogP contribution in [0.4, 0.5) is 0 Å². The van der Waals surface area contributed by atoms with Crippen LogP contribution < -0.4 is 0 Å². The first-order chi connectivity index (χ1) is 5.73. The first-order valence-corrected chi connectivity index (χ1v) is 5.41. The third-order valence-electron chi connectivity index (χ3n) is 1.78. The smallest absolute Gasteiger partial charge is 0.303 e. The molecular weight excluding hydrogens is 196 g/mol. The fraction of sp³-hybridized carbons (Fsp3) is 0.857. The Bertz CT molecular complexity index is 316. The van der Waals surface area contributed by atoms with Gasteiger partial charge >= 0.3 is 5.97 Å². The van der Waals surface area contributed by atoms with Crippen molar-refractivity contribution < 1.29 is 22.1 Å². The number of hydrogen-bond donors (Lipinski definition) is 0. The van der Waals surface area contributed by atoms with Crippen molar-refractivity contribution in [2.24, 2.45) is 0 Å². The molecule has 6 heteroatoms. The van der Waals surface area contributed by atoms with E-state index in [4.69, 9.17) is 8.92 Å². The van der Waals surface area contributed by atoms with E-state index >= 15 is 0 Å². The molecule has 0 N–H and O–H groups in total. The lowest BCUT2D eigenvalue weighted by Crippen LogP contribution is -2.36. The van der Waals surface area contributed by atoms with Crippen LogP contribution in [-0.4, -0.2) is 31.8 Å². The van der Waals surface area contributed by atoms with Gasteiger partial charge in [-0.05, 0) is 13.8 Å². The van der Waals surface area contributed by atoms with E-state index in [1.807, 2.05) is 0 Å². The minimum absolute atomic E-state index is 0.264. The highest BCUT2D eigenvalue weighted by molar-refractivity contribution is 7.87. The molecule has 0 aromatic heterocycles. The summed E-state index contributed by atoms with van der Waals surface area (Å²) in [5.74, 6) is -0.765. The lowest BCUT2D eigenvalue weighted by Gasteiger charge is -2.22. The predicted molar refractivity (Wildman–Crippen MR) is 44.5 cm³/mol. The Balaban J connectivity index is 2.82. The van der Waals surface area contributed by atoms with Crippen LogP contribution in [-0.2, 0) is 23.8 Å². The molecule has 13 heavy (non-hydrogen) atoms. The van der Waals surface area contributed by atoms with Crippen molar-refractivity contribution in [2.75, 3.05) is 5.75 Å². The van der Waals surface area contributed by atoms with E-state index in [1.54, 1.807) is 13.8 Å². The van der Waals surface area contributed by atoms with Gasteiger partial charge < -0.3 is 4.74 Å². The molecule has 1 aliphatic rings. The largest absolute Gasteiger partial charge is 0.458 e. The lowest BCUT2D eigenvalue weighted by atomic mass is 10.0. The minimum Gasteiger partial charge on any atom is -0.458 e. The fourth-order valence-corrected chi connectivity index (χ4v) is 2.85. The fourth-order valence-electron chi connectivity index (χ4n) is 1.18. The van der Waals surface area contributed by atoms with Crippen molar-refractivity contribution in [1.82, 2.24) is 0 Å². The average molecular weight is 208 g/mol. The van der Waals surface area contributed by atoms with Gasteiger partial charge in [0, 0.05) is 6.92 Å². The predicted octanol–water partition coefficient (Wildman–Crippen LogP) is 0.0567. The summed E-state index contributed by atoms with van der Waals surface area (Å²) in [5.41, 5.74) is -0.954. The Hall–Kier alpha value is -0.620. The van der Waals surface area contributed by atoms with Gasteiger partial charge in [0.15, 0.2) is 0 Å². The molecule has 1 atom stereocenters. The van der Waals surface area contributed by atoms with Gasteiger partial charge in [-0.1, -0.05) is 0 Å². The van der Waals surface area contributed by atoms with Crippen molar-refractivity contribution in [1.29, 1.82) is 0 Å². The van der Waals surface area contributed by atoms with Crippen LogP contribution in [0, 0.1) is 0 Å². The molecule has 1 unspecified atom stereocenters. The maximum absolute atomic E-state index is 11.0. The molecule has 0 spiro atoms. The Kier molecular flexibility index (Phi) is 2.38. The van der Waals surface area contributed by atoms with E-state index in [-0.39, 0.29) is 5.75 Å². The van der Waals surface area contributed by atoms with Crippen LogP contribution in [0.15, 0.2) is 0 Å². The van der Waals surface area contributed by atoms with Gasteiger partial charge in [-0.15, -0.1) is 0 Å². The van der Waals surface area contributed by atoms with Crippen molar-refractivity contribution in [3.63, 3.8) is 0 Å². The zero-order valence-corrected chi connectivity index (χ0v) is 8.55. The molecule has 1 saturated heterocycles. The van der Waals surface area contributed by atoms with Gasteiger partial charge in [-0.25, -0.2) is 0 Å². The van der Waals surface area contributed by atoms with Crippen LogP contribution in [0.2, 0.25) is 0 Å². The van der Waals surface area contributed by atoms with E-state index in [1.165, 1.54) is 6.92 Å². The topological polar surface area (TPSA) is 69.7 Å². The number of carbonyl (C=O) groups excluding carboxylic acids is 1. The van der Waals surface area contributed by atoms with Crippen LogP contribution in [0.25, 0.3) is 0 Å². The Morgan fingerprint density at radius 3 is 2.38 bits per heavy atom. The van der Waals surface area contributed by atoms with Gasteiger partial charge in [0.05, 0.1) is 0 Å². The minimum atomic E-state index is -3.53. The summed E-state index contributed by atoms with van der Waals surface area (Å²) in [7, 11) is -3.53. The second kappa shape index (κ2) is 2.95. The molecule has 5 nitrogen and oxygen atoms in total. The first-order valence-electron chi connectivity index (χ1n) is 3.83. The molecule has 0 bridgehead atoms. The zero-order valence-electron chi connectivity index (χ0n) is 7.73. The van der Waals surface area contributed by atoms with Gasteiger partial charge in [-0.3, -0.25) is 8.98 Å². The third-order valence-corrected chi connectivity index (χ3v) is 3.18. The van der Waals surface area contributed by atoms with Gasteiger partial charge in [-0.2, -0.15) is 8.42 Å². The lowest BCUT2D eigenvalue weighted by molar-refractivity contribution is -0.151. The van der Waals surface area contributed by atoms with Gasteiger partial charge in [0.1, 0.15) is 17.5 Å². The molecule has 1 fully saturated rings. The molecular formula is C7H12O5S. The monoisotopic (exact) mass is 208 g/mol.